The highest BCUT2D eigenvalue weighted by Crippen LogP contribution is 2.27. The van der Waals surface area contributed by atoms with E-state index in [2.05, 4.69) is 10.2 Å². The van der Waals surface area contributed by atoms with Crippen molar-refractivity contribution in [3.63, 3.8) is 0 Å². The van der Waals surface area contributed by atoms with Gasteiger partial charge in [0.1, 0.15) is 5.76 Å². The number of nitrogens with zero attached hydrogens (tertiary/aromatic N) is 3. The Labute approximate surface area is 175 Å². The average Bonchev–Trinajstić information content (AvgIpc) is 3.43. The maximum absolute atomic E-state index is 12.5. The molecule has 3 heterocycles. The summed E-state index contributed by atoms with van der Waals surface area (Å²) in [4.78, 5) is 14.4. The van der Waals surface area contributed by atoms with Crippen LogP contribution in [0, 0.1) is 6.92 Å². The van der Waals surface area contributed by atoms with Crippen molar-refractivity contribution in [3.8, 4) is 11.4 Å². The number of carbonyl (C=O) groups excluding carboxylic acids is 1. The lowest BCUT2D eigenvalue weighted by molar-refractivity contribution is 0.102. The van der Waals surface area contributed by atoms with Gasteiger partial charge in [-0.3, -0.25) is 9.36 Å². The molecule has 142 valence electrons. The lowest BCUT2D eigenvalue weighted by Crippen LogP contribution is -2.06. The predicted octanol–water partition coefficient (Wildman–Crippen LogP) is 5.58. The van der Waals surface area contributed by atoms with Gasteiger partial charge in [0.15, 0.2) is 16.8 Å². The van der Waals surface area contributed by atoms with Crippen LogP contribution in [0.3, 0.4) is 0 Å². The summed E-state index contributed by atoms with van der Waals surface area (Å²) in [6, 6.07) is 15.0. The van der Waals surface area contributed by atoms with E-state index in [1.807, 2.05) is 60.0 Å². The van der Waals surface area contributed by atoms with Crippen LogP contribution >= 0.6 is 34.7 Å². The summed E-state index contributed by atoms with van der Waals surface area (Å²) in [6.45, 7) is 2.47. The number of ketones is 1. The Morgan fingerprint density at radius 1 is 1.18 bits per heavy atom. The van der Waals surface area contributed by atoms with E-state index in [0.29, 0.717) is 28.3 Å². The third-order valence-corrected chi connectivity index (χ3v) is 6.32. The van der Waals surface area contributed by atoms with Crippen LogP contribution in [0.15, 0.2) is 64.4 Å². The molecule has 0 spiro atoms. The van der Waals surface area contributed by atoms with E-state index in [1.54, 1.807) is 6.26 Å². The van der Waals surface area contributed by atoms with Crippen LogP contribution in [0.5, 0.6) is 0 Å². The monoisotopic (exact) mass is 429 g/mol. The number of thiophene rings is 1. The van der Waals surface area contributed by atoms with Crippen molar-refractivity contribution < 1.29 is 9.21 Å². The van der Waals surface area contributed by atoms with Gasteiger partial charge in [-0.05, 0) is 55.5 Å². The summed E-state index contributed by atoms with van der Waals surface area (Å²) < 4.78 is 7.46. The van der Waals surface area contributed by atoms with Crippen LogP contribution in [-0.4, -0.2) is 26.3 Å². The Balaban J connectivity index is 1.60. The topological polar surface area (TPSA) is 60.9 Å². The van der Waals surface area contributed by atoms with Crippen LogP contribution in [-0.2, 0) is 6.54 Å². The summed E-state index contributed by atoms with van der Waals surface area (Å²) in [7, 11) is 0. The highest BCUT2D eigenvalue weighted by Gasteiger charge is 2.18. The maximum Gasteiger partial charge on any atom is 0.192 e. The minimum Gasteiger partial charge on any atom is -0.467 e. The number of thioether (sulfide) groups is 1. The molecule has 8 heteroatoms. The molecule has 0 amide bonds. The first-order valence-electron chi connectivity index (χ1n) is 8.54. The lowest BCUT2D eigenvalue weighted by atomic mass is 10.2. The first-order valence-corrected chi connectivity index (χ1v) is 10.7. The van der Waals surface area contributed by atoms with Gasteiger partial charge in [0.05, 0.1) is 23.4 Å². The molecule has 0 aliphatic rings. The zero-order valence-corrected chi connectivity index (χ0v) is 17.4. The van der Waals surface area contributed by atoms with Gasteiger partial charge in [0.2, 0.25) is 0 Å². The van der Waals surface area contributed by atoms with Gasteiger partial charge in [-0.2, -0.15) is 0 Å². The van der Waals surface area contributed by atoms with E-state index in [0.717, 1.165) is 21.1 Å². The van der Waals surface area contributed by atoms with Gasteiger partial charge in [-0.15, -0.1) is 21.5 Å². The molecule has 4 aromatic rings. The van der Waals surface area contributed by atoms with Gasteiger partial charge in [0, 0.05) is 15.5 Å². The van der Waals surface area contributed by atoms with Gasteiger partial charge < -0.3 is 4.42 Å². The second kappa shape index (κ2) is 8.34. The SMILES string of the molecule is Cc1ccc(C(=O)CSc2nnc(-c3ccc(Cl)cc3)n2Cc2ccco2)s1. The van der Waals surface area contributed by atoms with Crippen LogP contribution in [0.4, 0.5) is 0 Å². The lowest BCUT2D eigenvalue weighted by Gasteiger charge is -2.08. The highest BCUT2D eigenvalue weighted by molar-refractivity contribution is 7.99. The second-order valence-corrected chi connectivity index (χ2v) is 8.77. The van der Waals surface area contributed by atoms with Crippen molar-refractivity contribution in [2.24, 2.45) is 0 Å². The molecule has 0 unspecified atom stereocenters. The molecule has 1 aromatic carbocycles. The quantitative estimate of drug-likeness (QED) is 0.283. The molecule has 0 aliphatic heterocycles. The summed E-state index contributed by atoms with van der Waals surface area (Å²) >= 11 is 8.89. The van der Waals surface area contributed by atoms with E-state index in [9.17, 15) is 4.79 Å². The molecule has 0 saturated carbocycles. The molecular weight excluding hydrogens is 414 g/mol. The van der Waals surface area contributed by atoms with Crippen LogP contribution in [0.25, 0.3) is 11.4 Å². The average molecular weight is 430 g/mol. The molecule has 0 saturated heterocycles. The minimum absolute atomic E-state index is 0.0868. The zero-order valence-electron chi connectivity index (χ0n) is 15.0. The molecule has 0 aliphatic carbocycles. The largest absolute Gasteiger partial charge is 0.467 e. The number of hydrogen-bond donors (Lipinski definition) is 0. The number of hydrogen-bond acceptors (Lipinski definition) is 6. The Kier molecular flexibility index (Phi) is 5.66. The fraction of sp³-hybridized carbons (Fsp3) is 0.150. The van der Waals surface area contributed by atoms with Gasteiger partial charge in [-0.25, -0.2) is 0 Å². The number of Topliss-reactive ketones (excluding diaryl/α,β-unsaturated/α-hetero) is 1. The highest BCUT2D eigenvalue weighted by atomic mass is 35.5. The molecule has 3 aromatic heterocycles. The first kappa shape index (κ1) is 19.0. The minimum atomic E-state index is 0.0868. The van der Waals surface area contributed by atoms with E-state index in [1.165, 1.54) is 23.1 Å². The van der Waals surface area contributed by atoms with E-state index < -0.39 is 0 Å². The molecule has 0 radical (unpaired) electrons. The third kappa shape index (κ3) is 4.22. The molecule has 4 rings (SSSR count). The van der Waals surface area contributed by atoms with E-state index in [4.69, 9.17) is 16.0 Å². The van der Waals surface area contributed by atoms with E-state index in [-0.39, 0.29) is 5.78 Å². The van der Waals surface area contributed by atoms with Crippen molar-refractivity contribution in [2.75, 3.05) is 5.75 Å². The van der Waals surface area contributed by atoms with Crippen LogP contribution < -0.4 is 0 Å². The molecular formula is C20H16ClN3O2S2. The smallest absolute Gasteiger partial charge is 0.192 e. The fourth-order valence-corrected chi connectivity index (χ4v) is 4.54. The summed E-state index contributed by atoms with van der Waals surface area (Å²) in [5.74, 6) is 1.88. The number of aromatic nitrogens is 3. The van der Waals surface area contributed by atoms with Crippen molar-refractivity contribution in [3.05, 3.63) is 75.3 Å². The number of rotatable bonds is 7. The maximum atomic E-state index is 12.5. The third-order valence-electron chi connectivity index (χ3n) is 4.06. The van der Waals surface area contributed by atoms with Crippen molar-refractivity contribution >= 4 is 40.5 Å². The molecule has 0 N–H and O–H groups in total. The normalized spacial score (nSPS) is 11.1. The first-order chi connectivity index (χ1) is 13.6. The second-order valence-electron chi connectivity index (χ2n) is 6.10. The number of furan rings is 1. The van der Waals surface area contributed by atoms with Crippen LogP contribution in [0.2, 0.25) is 5.02 Å². The summed E-state index contributed by atoms with van der Waals surface area (Å²) in [5.41, 5.74) is 0.899. The Morgan fingerprint density at radius 3 is 2.68 bits per heavy atom. The Hall–Kier alpha value is -2.35. The molecule has 0 atom stereocenters. The number of benzene rings is 1. The fourth-order valence-electron chi connectivity index (χ4n) is 2.69. The standard InChI is InChI=1S/C20H16ClN3O2S2/c1-13-4-9-18(28-13)17(25)12-27-20-23-22-19(14-5-7-15(21)8-6-14)24(20)11-16-3-2-10-26-16/h2-10H,11-12H2,1H3. The van der Waals surface area contributed by atoms with Crippen LogP contribution in [0.1, 0.15) is 20.3 Å². The predicted molar refractivity (Wildman–Crippen MR) is 112 cm³/mol. The number of halogens is 1. The number of aryl methyl sites for hydroxylation is 1. The van der Waals surface area contributed by atoms with Crippen molar-refractivity contribution in [1.29, 1.82) is 0 Å². The Bertz CT molecular complexity index is 1090. The van der Waals surface area contributed by atoms with E-state index >= 15 is 0 Å². The molecule has 5 nitrogen and oxygen atoms in total. The van der Waals surface area contributed by atoms with Crippen molar-refractivity contribution in [2.45, 2.75) is 18.6 Å². The molecule has 28 heavy (non-hydrogen) atoms. The molecule has 0 fully saturated rings. The Morgan fingerprint density at radius 2 is 2.00 bits per heavy atom. The summed E-state index contributed by atoms with van der Waals surface area (Å²) in [5, 5.41) is 10.00. The number of carbonyl (C=O) groups is 1. The zero-order chi connectivity index (χ0) is 19.5. The van der Waals surface area contributed by atoms with Gasteiger partial charge in [0.25, 0.3) is 0 Å². The van der Waals surface area contributed by atoms with Crippen molar-refractivity contribution in [1.82, 2.24) is 14.8 Å². The van der Waals surface area contributed by atoms with Gasteiger partial charge >= 0.3 is 0 Å². The van der Waals surface area contributed by atoms with Gasteiger partial charge in [-0.1, -0.05) is 23.4 Å². The summed E-state index contributed by atoms with van der Waals surface area (Å²) in [6.07, 6.45) is 1.64. The molecule has 0 bridgehead atoms.